The molecule has 0 amide bonds. The molecule has 0 spiro atoms. The second kappa shape index (κ2) is 22.5. The molecule has 0 aliphatic carbocycles. The van der Waals surface area contributed by atoms with Gasteiger partial charge in [-0.1, -0.05) is 38.1 Å². The molecule has 64 heavy (non-hydrogen) atoms. The van der Waals surface area contributed by atoms with E-state index in [1.807, 2.05) is 125 Å². The minimum atomic E-state index is -0.761. The average Bonchev–Trinajstić information content (AvgIpc) is 3.33. The molecule has 4 aromatic carbocycles. The predicted octanol–water partition coefficient (Wildman–Crippen LogP) is 7.43. The Labute approximate surface area is 379 Å². The van der Waals surface area contributed by atoms with Crippen molar-refractivity contribution in [1.29, 1.82) is 0 Å². The number of unbranched alkanes of at least 4 members (excludes halogenated alkanes) is 1. The Morgan fingerprint density at radius 3 is 1.11 bits per heavy atom. The summed E-state index contributed by atoms with van der Waals surface area (Å²) in [7, 11) is 7.76. The summed E-state index contributed by atoms with van der Waals surface area (Å²) in [5, 5.41) is 0. The predicted molar refractivity (Wildman–Crippen MR) is 251 cm³/mol. The molecule has 12 nitrogen and oxygen atoms in total. The zero-order valence-electron chi connectivity index (χ0n) is 38.6. The molecule has 0 saturated carbocycles. The van der Waals surface area contributed by atoms with Gasteiger partial charge in [0.05, 0.1) is 61.8 Å². The zero-order chi connectivity index (χ0) is 45.7. The zero-order valence-corrected chi connectivity index (χ0v) is 38.6. The first-order valence-electron chi connectivity index (χ1n) is 22.7. The first-order valence-corrected chi connectivity index (χ1v) is 22.7. The lowest BCUT2D eigenvalue weighted by atomic mass is 9.80. The van der Waals surface area contributed by atoms with Crippen LogP contribution in [-0.4, -0.2) is 138 Å². The Bertz CT molecular complexity index is 1990. The molecule has 0 bridgehead atoms. The van der Waals surface area contributed by atoms with Gasteiger partial charge in [0, 0.05) is 48.7 Å². The summed E-state index contributed by atoms with van der Waals surface area (Å²) in [6.07, 6.45) is 3.26. The molecule has 6 rings (SSSR count). The van der Waals surface area contributed by atoms with Crippen LogP contribution in [0.5, 0.6) is 0 Å². The van der Waals surface area contributed by atoms with E-state index in [0.29, 0.717) is 87.2 Å². The standard InChI is InChI=1S/C52H66N4O8/c1-7-51(53(3)4,47(57)41-19-23-45(24-20-41)55-27-33-61-34-28-55)37-39-11-15-43(16-12-39)49(59)63-31-9-10-32-64-50(60)44-17-13-40(14-18-44)38-52(8-2,54(5)6)48(58)42-21-25-46(26-22-42)56-29-35-62-36-30-56/h11-26H,7-10,27-38H2,1-6H3. The Hall–Kier alpha value is -5.40. The smallest absolute Gasteiger partial charge is 0.338 e. The first kappa shape index (κ1) is 48.1. The summed E-state index contributed by atoms with van der Waals surface area (Å²) in [5.74, 6) is -0.740. The molecule has 2 atom stereocenters. The van der Waals surface area contributed by atoms with Gasteiger partial charge in [-0.3, -0.25) is 19.4 Å². The molecular formula is C52H66N4O8. The quantitative estimate of drug-likeness (QED) is 0.0471. The maximum atomic E-state index is 14.1. The molecule has 2 saturated heterocycles. The molecule has 4 aromatic rings. The molecule has 2 aliphatic heterocycles. The fourth-order valence-electron chi connectivity index (χ4n) is 8.81. The van der Waals surface area contributed by atoms with Crippen LogP contribution in [0.1, 0.15) is 92.1 Å². The van der Waals surface area contributed by atoms with Gasteiger partial charge in [0.15, 0.2) is 11.6 Å². The highest BCUT2D eigenvalue weighted by molar-refractivity contribution is 6.04. The van der Waals surface area contributed by atoms with Crippen LogP contribution in [0, 0.1) is 0 Å². The van der Waals surface area contributed by atoms with Crippen molar-refractivity contribution in [2.75, 3.05) is 104 Å². The van der Waals surface area contributed by atoms with Gasteiger partial charge in [0.2, 0.25) is 0 Å². The average molecular weight is 875 g/mol. The Kier molecular flexibility index (Phi) is 16.9. The minimum Gasteiger partial charge on any atom is -0.462 e. The molecule has 2 unspecified atom stereocenters. The summed E-state index contributed by atoms with van der Waals surface area (Å²) < 4.78 is 22.0. The maximum absolute atomic E-state index is 14.1. The lowest BCUT2D eigenvalue weighted by Crippen LogP contribution is -2.52. The largest absolute Gasteiger partial charge is 0.462 e. The number of likely N-dealkylation sites (N-methyl/N-ethyl adjacent to an activating group) is 2. The highest BCUT2D eigenvalue weighted by atomic mass is 16.5. The summed E-state index contributed by atoms with van der Waals surface area (Å²) in [6.45, 7) is 10.6. The van der Waals surface area contributed by atoms with Crippen molar-refractivity contribution >= 4 is 34.9 Å². The van der Waals surface area contributed by atoms with Crippen molar-refractivity contribution in [1.82, 2.24) is 9.80 Å². The van der Waals surface area contributed by atoms with Crippen LogP contribution in [0.15, 0.2) is 97.1 Å². The third-order valence-corrected chi connectivity index (χ3v) is 13.1. The van der Waals surface area contributed by atoms with Crippen LogP contribution in [0.2, 0.25) is 0 Å². The maximum Gasteiger partial charge on any atom is 0.338 e. The fraction of sp³-hybridized carbons (Fsp3) is 0.462. The third-order valence-electron chi connectivity index (χ3n) is 13.1. The second-order valence-electron chi connectivity index (χ2n) is 17.2. The number of Topliss-reactive ketones (excluding diaryl/α,β-unsaturated/α-hetero) is 2. The number of carbonyl (C=O) groups is 4. The van der Waals surface area contributed by atoms with E-state index in [2.05, 4.69) is 9.80 Å². The van der Waals surface area contributed by atoms with Crippen molar-refractivity contribution in [2.45, 2.75) is 63.5 Å². The SMILES string of the molecule is CCC(Cc1ccc(C(=O)OCCCCOC(=O)c2ccc(CC(CC)(C(=O)c3ccc(N4CCOCC4)cc3)N(C)C)cc2)cc1)(C(=O)c1ccc(N2CCOCC2)cc1)N(C)C. The van der Waals surface area contributed by atoms with E-state index in [0.717, 1.165) is 48.7 Å². The Balaban J connectivity index is 0.940. The van der Waals surface area contributed by atoms with E-state index < -0.39 is 23.0 Å². The van der Waals surface area contributed by atoms with E-state index >= 15 is 0 Å². The van der Waals surface area contributed by atoms with Crippen LogP contribution in [0.3, 0.4) is 0 Å². The van der Waals surface area contributed by atoms with E-state index in [-0.39, 0.29) is 24.8 Å². The molecule has 2 fully saturated rings. The number of morpholine rings is 2. The van der Waals surface area contributed by atoms with Crippen LogP contribution in [0.4, 0.5) is 11.4 Å². The van der Waals surface area contributed by atoms with Crippen LogP contribution in [0.25, 0.3) is 0 Å². The van der Waals surface area contributed by atoms with E-state index in [1.54, 1.807) is 24.3 Å². The highest BCUT2D eigenvalue weighted by Gasteiger charge is 2.41. The normalized spacial score (nSPS) is 16.2. The third kappa shape index (κ3) is 11.5. The van der Waals surface area contributed by atoms with E-state index in [9.17, 15) is 19.2 Å². The molecule has 0 N–H and O–H groups in total. The Morgan fingerprint density at radius 1 is 0.500 bits per heavy atom. The van der Waals surface area contributed by atoms with Gasteiger partial charge in [-0.15, -0.1) is 0 Å². The van der Waals surface area contributed by atoms with Crippen molar-refractivity contribution < 1.29 is 38.1 Å². The molecule has 0 aromatic heterocycles. The Morgan fingerprint density at radius 2 is 0.812 bits per heavy atom. The van der Waals surface area contributed by atoms with Gasteiger partial charge in [-0.25, -0.2) is 9.59 Å². The summed E-state index contributed by atoms with van der Waals surface area (Å²) in [6, 6.07) is 30.3. The van der Waals surface area contributed by atoms with Gasteiger partial charge in [-0.2, -0.15) is 0 Å². The van der Waals surface area contributed by atoms with Gasteiger partial charge < -0.3 is 28.7 Å². The lowest BCUT2D eigenvalue weighted by molar-refractivity contribution is 0.0432. The fourth-order valence-corrected chi connectivity index (χ4v) is 8.81. The molecular weight excluding hydrogens is 809 g/mol. The topological polar surface area (TPSA) is 118 Å². The van der Waals surface area contributed by atoms with Crippen molar-refractivity contribution in [3.63, 3.8) is 0 Å². The molecule has 2 aliphatic rings. The van der Waals surface area contributed by atoms with Gasteiger partial charge in [-0.05, 0) is 151 Å². The van der Waals surface area contributed by atoms with Crippen molar-refractivity contribution in [2.24, 2.45) is 0 Å². The number of hydrogen-bond acceptors (Lipinski definition) is 12. The summed E-state index contributed by atoms with van der Waals surface area (Å²) in [5.41, 5.74) is 4.74. The van der Waals surface area contributed by atoms with Gasteiger partial charge in [0.25, 0.3) is 0 Å². The minimum absolute atomic E-state index is 0.0615. The van der Waals surface area contributed by atoms with Crippen LogP contribution >= 0.6 is 0 Å². The molecule has 0 radical (unpaired) electrons. The van der Waals surface area contributed by atoms with Crippen LogP contribution < -0.4 is 9.80 Å². The number of ketones is 2. The first-order chi connectivity index (χ1) is 30.9. The number of carbonyl (C=O) groups excluding carboxylic acids is 4. The number of benzene rings is 4. The van der Waals surface area contributed by atoms with Gasteiger partial charge in [0.1, 0.15) is 0 Å². The molecule has 342 valence electrons. The number of ether oxygens (including phenoxy) is 4. The molecule has 12 heteroatoms. The molecule has 2 heterocycles. The highest BCUT2D eigenvalue weighted by Crippen LogP contribution is 2.31. The van der Waals surface area contributed by atoms with Crippen molar-refractivity contribution in [3.8, 4) is 0 Å². The van der Waals surface area contributed by atoms with Gasteiger partial charge >= 0.3 is 11.9 Å². The van der Waals surface area contributed by atoms with Crippen LogP contribution in [-0.2, 0) is 31.8 Å². The number of esters is 2. The number of anilines is 2. The number of hydrogen-bond donors (Lipinski definition) is 0. The van der Waals surface area contributed by atoms with E-state index in [1.165, 1.54) is 0 Å². The second-order valence-corrected chi connectivity index (χ2v) is 17.2. The van der Waals surface area contributed by atoms with E-state index in [4.69, 9.17) is 18.9 Å². The summed E-state index contributed by atoms with van der Waals surface area (Å²) >= 11 is 0. The number of rotatable bonds is 21. The monoisotopic (exact) mass is 874 g/mol. The lowest BCUT2D eigenvalue weighted by Gasteiger charge is -2.38. The number of nitrogens with zero attached hydrogens (tertiary/aromatic N) is 4. The summed E-state index contributed by atoms with van der Waals surface area (Å²) in [4.78, 5) is 62.6. The van der Waals surface area contributed by atoms with Crippen molar-refractivity contribution in [3.05, 3.63) is 130 Å².